The molecule has 1 nitrogen and oxygen atoms in total. The van der Waals surface area contributed by atoms with E-state index in [0.717, 1.165) is 6.54 Å². The van der Waals surface area contributed by atoms with Gasteiger partial charge in [-0.15, -0.1) is 0 Å². The van der Waals surface area contributed by atoms with Crippen molar-refractivity contribution in [2.45, 2.75) is 5.92 Å². The van der Waals surface area contributed by atoms with Crippen LogP contribution in [-0.4, -0.2) is 25.5 Å². The van der Waals surface area contributed by atoms with E-state index in [0.29, 0.717) is 5.92 Å². The summed E-state index contributed by atoms with van der Waals surface area (Å²) >= 11 is 2.34. The average Bonchev–Trinajstić information content (AvgIpc) is 2.66. The van der Waals surface area contributed by atoms with Crippen LogP contribution in [0.5, 0.6) is 0 Å². The molecule has 84 valence electrons. The minimum atomic E-state index is 0.465. The Hall–Kier alpha value is -0.610. The number of halogens is 1. The molecule has 1 aliphatic carbocycles. The molecule has 0 heterocycles. The second-order valence-electron chi connectivity index (χ2n) is 4.42. The van der Waals surface area contributed by atoms with Gasteiger partial charge in [0.15, 0.2) is 0 Å². The first-order valence-electron chi connectivity index (χ1n) is 5.44. The van der Waals surface area contributed by atoms with Crippen LogP contribution in [0.3, 0.4) is 0 Å². The van der Waals surface area contributed by atoms with Crippen LogP contribution in [0.2, 0.25) is 0 Å². The highest BCUT2D eigenvalue weighted by molar-refractivity contribution is 14.1. The van der Waals surface area contributed by atoms with E-state index < -0.39 is 0 Å². The SMILES string of the molecule is CN(C)CC1=CC(c2ccc(I)cc2)C=C1. The molecule has 0 radical (unpaired) electrons. The summed E-state index contributed by atoms with van der Waals surface area (Å²) in [6.07, 6.45) is 6.87. The third kappa shape index (κ3) is 2.95. The monoisotopic (exact) mass is 325 g/mol. The van der Waals surface area contributed by atoms with Gasteiger partial charge in [-0.2, -0.15) is 0 Å². The molecule has 0 aromatic heterocycles. The fourth-order valence-electron chi connectivity index (χ4n) is 1.93. The van der Waals surface area contributed by atoms with Crippen LogP contribution in [0.25, 0.3) is 0 Å². The lowest BCUT2D eigenvalue weighted by atomic mass is 10.0. The Morgan fingerprint density at radius 2 is 1.88 bits per heavy atom. The summed E-state index contributed by atoms with van der Waals surface area (Å²) in [5, 5.41) is 0. The second-order valence-corrected chi connectivity index (χ2v) is 5.66. The molecule has 1 aromatic carbocycles. The summed E-state index contributed by atoms with van der Waals surface area (Å²) in [5.41, 5.74) is 2.79. The van der Waals surface area contributed by atoms with E-state index in [2.05, 4.69) is 84.1 Å². The van der Waals surface area contributed by atoms with Gasteiger partial charge < -0.3 is 4.90 Å². The van der Waals surface area contributed by atoms with Gasteiger partial charge in [-0.05, 0) is 60.0 Å². The van der Waals surface area contributed by atoms with Gasteiger partial charge in [-0.3, -0.25) is 0 Å². The molecule has 0 N–H and O–H groups in total. The average molecular weight is 325 g/mol. The molecule has 2 heteroatoms. The largest absolute Gasteiger partial charge is 0.305 e. The van der Waals surface area contributed by atoms with E-state index in [1.165, 1.54) is 14.7 Å². The highest BCUT2D eigenvalue weighted by Gasteiger charge is 2.11. The van der Waals surface area contributed by atoms with Crippen LogP contribution in [0.1, 0.15) is 11.5 Å². The maximum atomic E-state index is 2.35. The number of allylic oxidation sites excluding steroid dienone is 2. The van der Waals surface area contributed by atoms with Crippen molar-refractivity contribution >= 4 is 22.6 Å². The van der Waals surface area contributed by atoms with Crippen molar-refractivity contribution in [1.29, 1.82) is 0 Å². The molecular formula is C14H16IN. The Labute approximate surface area is 111 Å². The number of nitrogens with zero attached hydrogens (tertiary/aromatic N) is 1. The van der Waals surface area contributed by atoms with Crippen molar-refractivity contribution in [2.75, 3.05) is 20.6 Å². The summed E-state index contributed by atoms with van der Waals surface area (Å²) in [6.45, 7) is 1.03. The molecule has 0 fully saturated rings. The zero-order valence-corrected chi connectivity index (χ0v) is 11.8. The van der Waals surface area contributed by atoms with Crippen LogP contribution in [-0.2, 0) is 0 Å². The van der Waals surface area contributed by atoms with E-state index in [4.69, 9.17) is 0 Å². The highest BCUT2D eigenvalue weighted by Crippen LogP contribution is 2.27. The fourth-order valence-corrected chi connectivity index (χ4v) is 2.29. The lowest BCUT2D eigenvalue weighted by molar-refractivity contribution is 0.449. The van der Waals surface area contributed by atoms with E-state index in [1.54, 1.807) is 0 Å². The molecule has 1 aliphatic rings. The molecule has 1 unspecified atom stereocenters. The van der Waals surface area contributed by atoms with Crippen LogP contribution in [0.15, 0.2) is 48.1 Å². The number of likely N-dealkylation sites (N-methyl/N-ethyl adjacent to an activating group) is 1. The van der Waals surface area contributed by atoms with Crippen molar-refractivity contribution < 1.29 is 0 Å². The minimum Gasteiger partial charge on any atom is -0.305 e. The van der Waals surface area contributed by atoms with Crippen molar-refractivity contribution in [3.8, 4) is 0 Å². The molecular weight excluding hydrogens is 309 g/mol. The second kappa shape index (κ2) is 5.15. The summed E-state index contributed by atoms with van der Waals surface area (Å²) < 4.78 is 1.29. The molecule has 16 heavy (non-hydrogen) atoms. The zero-order valence-electron chi connectivity index (χ0n) is 9.65. The van der Waals surface area contributed by atoms with Gasteiger partial charge in [-0.25, -0.2) is 0 Å². The summed E-state index contributed by atoms with van der Waals surface area (Å²) in [7, 11) is 4.21. The standard InChI is InChI=1S/C14H16IN/c1-16(2)10-11-3-4-13(9-11)12-5-7-14(15)8-6-12/h3-9,13H,10H2,1-2H3. The number of hydrogen-bond donors (Lipinski definition) is 0. The number of benzene rings is 1. The van der Waals surface area contributed by atoms with Gasteiger partial charge in [0.05, 0.1) is 0 Å². The van der Waals surface area contributed by atoms with Crippen LogP contribution in [0, 0.1) is 3.57 Å². The van der Waals surface area contributed by atoms with Crippen molar-refractivity contribution in [2.24, 2.45) is 0 Å². The molecule has 0 saturated carbocycles. The van der Waals surface area contributed by atoms with Crippen molar-refractivity contribution in [1.82, 2.24) is 4.90 Å². The van der Waals surface area contributed by atoms with E-state index in [1.807, 2.05) is 0 Å². The molecule has 0 bridgehead atoms. The Morgan fingerprint density at radius 3 is 2.50 bits per heavy atom. The van der Waals surface area contributed by atoms with E-state index in [-0.39, 0.29) is 0 Å². The van der Waals surface area contributed by atoms with Gasteiger partial charge in [0.1, 0.15) is 0 Å². The molecule has 0 spiro atoms. The van der Waals surface area contributed by atoms with E-state index >= 15 is 0 Å². The van der Waals surface area contributed by atoms with Crippen LogP contribution in [0.4, 0.5) is 0 Å². The van der Waals surface area contributed by atoms with Gasteiger partial charge in [0.25, 0.3) is 0 Å². The minimum absolute atomic E-state index is 0.465. The Morgan fingerprint density at radius 1 is 1.19 bits per heavy atom. The molecule has 1 aromatic rings. The third-order valence-corrected chi connectivity index (χ3v) is 3.38. The summed E-state index contributed by atoms with van der Waals surface area (Å²) in [6, 6.07) is 8.76. The number of rotatable bonds is 3. The van der Waals surface area contributed by atoms with E-state index in [9.17, 15) is 0 Å². The molecule has 0 amide bonds. The zero-order chi connectivity index (χ0) is 11.5. The third-order valence-electron chi connectivity index (χ3n) is 2.66. The number of hydrogen-bond acceptors (Lipinski definition) is 1. The van der Waals surface area contributed by atoms with Crippen LogP contribution >= 0.6 is 22.6 Å². The maximum absolute atomic E-state index is 2.35. The highest BCUT2D eigenvalue weighted by atomic mass is 127. The molecule has 1 atom stereocenters. The first-order valence-corrected chi connectivity index (χ1v) is 6.52. The Balaban J connectivity index is 2.11. The lowest BCUT2D eigenvalue weighted by Gasteiger charge is -2.09. The summed E-state index contributed by atoms with van der Waals surface area (Å²) in [4.78, 5) is 2.20. The van der Waals surface area contributed by atoms with Crippen LogP contribution < -0.4 is 0 Å². The smallest absolute Gasteiger partial charge is 0.0224 e. The lowest BCUT2D eigenvalue weighted by Crippen LogP contribution is -2.13. The molecule has 2 rings (SSSR count). The van der Waals surface area contributed by atoms with Crippen molar-refractivity contribution in [3.05, 3.63) is 57.2 Å². The normalized spacial score (nSPS) is 19.2. The molecule has 0 aliphatic heterocycles. The first-order chi connectivity index (χ1) is 7.65. The predicted molar refractivity (Wildman–Crippen MR) is 77.7 cm³/mol. The van der Waals surface area contributed by atoms with Gasteiger partial charge in [-0.1, -0.05) is 30.4 Å². The quantitative estimate of drug-likeness (QED) is 0.770. The van der Waals surface area contributed by atoms with Gasteiger partial charge in [0.2, 0.25) is 0 Å². The molecule has 0 saturated heterocycles. The first kappa shape index (κ1) is 11.9. The van der Waals surface area contributed by atoms with Gasteiger partial charge in [0, 0.05) is 16.0 Å². The Kier molecular flexibility index (Phi) is 3.82. The van der Waals surface area contributed by atoms with Crippen molar-refractivity contribution in [3.63, 3.8) is 0 Å². The predicted octanol–water partition coefficient (Wildman–Crippen LogP) is 3.43. The van der Waals surface area contributed by atoms with Gasteiger partial charge >= 0.3 is 0 Å². The summed E-state index contributed by atoms with van der Waals surface area (Å²) in [5.74, 6) is 0.465. The maximum Gasteiger partial charge on any atom is 0.0224 e. The Bertz CT molecular complexity index is 415. The fraction of sp³-hybridized carbons (Fsp3) is 0.286. The topological polar surface area (TPSA) is 3.24 Å².